The summed E-state index contributed by atoms with van der Waals surface area (Å²) in [6, 6.07) is 7.32. The van der Waals surface area contributed by atoms with E-state index < -0.39 is 27.4 Å². The van der Waals surface area contributed by atoms with Gasteiger partial charge in [0.2, 0.25) is 10.0 Å². The topological polar surface area (TPSA) is 98.5 Å². The number of hydrogen-bond acceptors (Lipinski definition) is 5. The van der Waals surface area contributed by atoms with Crippen molar-refractivity contribution in [3.05, 3.63) is 35.4 Å². The van der Waals surface area contributed by atoms with Crippen molar-refractivity contribution < 1.29 is 18.3 Å². The fourth-order valence-corrected chi connectivity index (χ4v) is 5.78. The minimum absolute atomic E-state index is 0.232. The highest BCUT2D eigenvalue weighted by Gasteiger charge is 2.43. The first-order valence-electron chi connectivity index (χ1n) is 6.20. The van der Waals surface area contributed by atoms with Crippen LogP contribution in [0.4, 0.5) is 0 Å². The lowest BCUT2D eigenvalue weighted by Crippen LogP contribution is -2.45. The van der Waals surface area contributed by atoms with Crippen molar-refractivity contribution in [1.29, 1.82) is 5.26 Å². The molecule has 2 rings (SSSR count). The van der Waals surface area contributed by atoms with Gasteiger partial charge in [0.15, 0.2) is 0 Å². The maximum absolute atomic E-state index is 12.5. The minimum atomic E-state index is -3.81. The maximum Gasteiger partial charge on any atom is 0.322 e. The van der Waals surface area contributed by atoms with E-state index in [0.717, 1.165) is 4.31 Å². The van der Waals surface area contributed by atoms with Gasteiger partial charge in [0, 0.05) is 5.75 Å². The molecule has 0 saturated carbocycles. The van der Waals surface area contributed by atoms with Crippen molar-refractivity contribution >= 4 is 27.8 Å². The Morgan fingerprint density at radius 1 is 1.52 bits per heavy atom. The SMILES string of the molecule is CC1SCC(C(=O)O)N1S(=O)(=O)Cc1ccccc1C#N. The molecular formula is C13H14N2O4S2. The third kappa shape index (κ3) is 3.20. The van der Waals surface area contributed by atoms with Crippen LogP contribution in [0, 0.1) is 11.3 Å². The number of nitriles is 1. The smallest absolute Gasteiger partial charge is 0.322 e. The molecule has 1 aliphatic rings. The predicted molar refractivity (Wildman–Crippen MR) is 79.0 cm³/mol. The van der Waals surface area contributed by atoms with Crippen LogP contribution in [0.1, 0.15) is 18.1 Å². The molecule has 1 fully saturated rings. The summed E-state index contributed by atoms with van der Waals surface area (Å²) in [6.07, 6.45) is 0. The number of aliphatic carboxylic acids is 1. The lowest BCUT2D eigenvalue weighted by atomic mass is 10.1. The Kier molecular flexibility index (Phi) is 4.56. The summed E-state index contributed by atoms with van der Waals surface area (Å²) in [4.78, 5) is 11.2. The standard InChI is InChI=1S/C13H14N2O4S2/c1-9-15(12(7-20-9)13(16)17)21(18,19)8-11-5-3-2-4-10(11)6-14/h2-5,9,12H,7-8H2,1H3,(H,16,17). The van der Waals surface area contributed by atoms with Crippen LogP contribution in [-0.4, -0.2) is 41.0 Å². The monoisotopic (exact) mass is 326 g/mol. The third-order valence-electron chi connectivity index (χ3n) is 3.24. The van der Waals surface area contributed by atoms with Gasteiger partial charge in [-0.15, -0.1) is 11.8 Å². The summed E-state index contributed by atoms with van der Waals surface area (Å²) in [5, 5.41) is 17.8. The number of carbonyl (C=O) groups is 1. The van der Waals surface area contributed by atoms with E-state index in [1.165, 1.54) is 11.8 Å². The summed E-state index contributed by atoms with van der Waals surface area (Å²) >= 11 is 1.29. The fourth-order valence-electron chi connectivity index (χ4n) is 2.26. The molecule has 0 radical (unpaired) electrons. The van der Waals surface area contributed by atoms with E-state index in [-0.39, 0.29) is 17.1 Å². The number of carboxylic acids is 1. The molecule has 1 heterocycles. The van der Waals surface area contributed by atoms with Gasteiger partial charge < -0.3 is 5.11 Å². The second-order valence-electron chi connectivity index (χ2n) is 4.64. The highest BCUT2D eigenvalue weighted by molar-refractivity contribution is 8.01. The summed E-state index contributed by atoms with van der Waals surface area (Å²) in [7, 11) is -3.81. The maximum atomic E-state index is 12.5. The Morgan fingerprint density at radius 3 is 2.81 bits per heavy atom. The number of hydrogen-bond donors (Lipinski definition) is 1. The average Bonchev–Trinajstić information content (AvgIpc) is 2.82. The van der Waals surface area contributed by atoms with Gasteiger partial charge in [-0.2, -0.15) is 9.57 Å². The Balaban J connectivity index is 2.34. The highest BCUT2D eigenvalue weighted by Crippen LogP contribution is 2.33. The van der Waals surface area contributed by atoms with E-state index in [4.69, 9.17) is 10.4 Å². The van der Waals surface area contributed by atoms with Crippen LogP contribution in [-0.2, 0) is 20.6 Å². The van der Waals surface area contributed by atoms with E-state index in [1.807, 2.05) is 6.07 Å². The lowest BCUT2D eigenvalue weighted by molar-refractivity contribution is -0.140. The minimum Gasteiger partial charge on any atom is -0.480 e. The van der Waals surface area contributed by atoms with Crippen molar-refractivity contribution in [1.82, 2.24) is 4.31 Å². The first kappa shape index (κ1) is 15.8. The van der Waals surface area contributed by atoms with E-state index in [0.29, 0.717) is 5.56 Å². The number of sulfonamides is 1. The molecule has 6 nitrogen and oxygen atoms in total. The van der Waals surface area contributed by atoms with Gasteiger partial charge in [-0.25, -0.2) is 8.42 Å². The Hall–Kier alpha value is -1.56. The van der Waals surface area contributed by atoms with Gasteiger partial charge in [-0.3, -0.25) is 4.79 Å². The van der Waals surface area contributed by atoms with Crippen molar-refractivity contribution in [2.24, 2.45) is 0 Å². The molecule has 0 spiro atoms. The fraction of sp³-hybridized carbons (Fsp3) is 0.385. The van der Waals surface area contributed by atoms with Crippen LogP contribution in [0.15, 0.2) is 24.3 Å². The molecule has 0 amide bonds. The normalized spacial score (nSPS) is 22.9. The molecule has 8 heteroatoms. The zero-order chi connectivity index (χ0) is 15.6. The highest BCUT2D eigenvalue weighted by atomic mass is 32.2. The summed E-state index contributed by atoms with van der Waals surface area (Å²) in [6.45, 7) is 1.67. The Labute approximate surface area is 127 Å². The number of thioether (sulfide) groups is 1. The molecule has 1 saturated heterocycles. The Bertz CT molecular complexity index is 696. The van der Waals surface area contributed by atoms with Crippen LogP contribution < -0.4 is 0 Å². The summed E-state index contributed by atoms with van der Waals surface area (Å²) in [5.74, 6) is -1.29. The molecule has 1 N–H and O–H groups in total. The van der Waals surface area contributed by atoms with Gasteiger partial charge in [-0.1, -0.05) is 18.2 Å². The predicted octanol–water partition coefficient (Wildman–Crippen LogP) is 1.24. The first-order valence-corrected chi connectivity index (χ1v) is 8.86. The number of rotatable bonds is 4. The van der Waals surface area contributed by atoms with Gasteiger partial charge in [0.1, 0.15) is 6.04 Å². The number of benzene rings is 1. The molecule has 0 aliphatic carbocycles. The average molecular weight is 326 g/mol. The summed E-state index contributed by atoms with van der Waals surface area (Å²) in [5.41, 5.74) is 0.667. The van der Waals surface area contributed by atoms with Crippen LogP contribution in [0.5, 0.6) is 0 Å². The molecule has 112 valence electrons. The van der Waals surface area contributed by atoms with Crippen LogP contribution in [0.3, 0.4) is 0 Å². The van der Waals surface area contributed by atoms with Gasteiger partial charge >= 0.3 is 5.97 Å². The number of nitrogens with zero attached hydrogens (tertiary/aromatic N) is 2. The molecule has 0 bridgehead atoms. The van der Waals surface area contributed by atoms with Crippen LogP contribution >= 0.6 is 11.8 Å². The van der Waals surface area contributed by atoms with Gasteiger partial charge in [0.25, 0.3) is 0 Å². The van der Waals surface area contributed by atoms with Crippen molar-refractivity contribution in [3.8, 4) is 6.07 Å². The second kappa shape index (κ2) is 6.05. The third-order valence-corrected chi connectivity index (χ3v) is 6.48. The van der Waals surface area contributed by atoms with Gasteiger partial charge in [0.05, 0.1) is 22.8 Å². The lowest BCUT2D eigenvalue weighted by Gasteiger charge is -2.24. The zero-order valence-electron chi connectivity index (χ0n) is 11.3. The molecule has 2 atom stereocenters. The molecule has 0 aromatic heterocycles. The quantitative estimate of drug-likeness (QED) is 0.893. The van der Waals surface area contributed by atoms with E-state index >= 15 is 0 Å². The second-order valence-corrected chi connectivity index (χ2v) is 7.86. The van der Waals surface area contributed by atoms with Crippen molar-refractivity contribution in [3.63, 3.8) is 0 Å². The van der Waals surface area contributed by atoms with Gasteiger partial charge in [-0.05, 0) is 18.6 Å². The molecule has 1 aliphatic heterocycles. The van der Waals surface area contributed by atoms with E-state index in [1.54, 1.807) is 31.2 Å². The summed E-state index contributed by atoms with van der Waals surface area (Å²) < 4.78 is 26.1. The molecule has 1 aromatic rings. The zero-order valence-corrected chi connectivity index (χ0v) is 12.9. The molecule has 1 aromatic carbocycles. The first-order chi connectivity index (χ1) is 9.86. The van der Waals surface area contributed by atoms with Crippen molar-refractivity contribution in [2.45, 2.75) is 24.1 Å². The molecule has 21 heavy (non-hydrogen) atoms. The van der Waals surface area contributed by atoms with E-state index in [2.05, 4.69) is 0 Å². The van der Waals surface area contributed by atoms with Crippen molar-refractivity contribution in [2.75, 3.05) is 5.75 Å². The van der Waals surface area contributed by atoms with E-state index in [9.17, 15) is 13.2 Å². The Morgan fingerprint density at radius 2 is 2.19 bits per heavy atom. The molecule has 2 unspecified atom stereocenters. The molecular weight excluding hydrogens is 312 g/mol. The number of carboxylic acid groups (broad SMARTS) is 1. The van der Waals surface area contributed by atoms with Crippen LogP contribution in [0.2, 0.25) is 0 Å². The van der Waals surface area contributed by atoms with Crippen LogP contribution in [0.25, 0.3) is 0 Å². The largest absolute Gasteiger partial charge is 0.480 e.